The Morgan fingerprint density at radius 3 is 2.43 bits per heavy atom. The van der Waals surface area contributed by atoms with Crippen LogP contribution in [0.4, 0.5) is 11.4 Å². The van der Waals surface area contributed by atoms with Crippen LogP contribution in [0.15, 0.2) is 76.5 Å². The van der Waals surface area contributed by atoms with Gasteiger partial charge >= 0.3 is 11.8 Å². The number of carbonyl (C=O) groups excluding carboxylic acids is 2. The molecule has 2 heterocycles. The van der Waals surface area contributed by atoms with Crippen LogP contribution in [0, 0.1) is 12.1 Å². The number of amides is 2. The quantitative estimate of drug-likeness (QED) is 0.0930. The predicted octanol–water partition coefficient (Wildman–Crippen LogP) is 5.62. The number of phenols is 1. The highest BCUT2D eigenvalue weighted by atomic mass is 32.1. The predicted molar refractivity (Wildman–Crippen MR) is 182 cm³/mol. The van der Waals surface area contributed by atoms with Crippen LogP contribution < -0.4 is 20.0 Å². The van der Waals surface area contributed by atoms with Crippen molar-refractivity contribution in [1.29, 1.82) is 0 Å². The van der Waals surface area contributed by atoms with E-state index >= 15 is 0 Å². The number of piperidine rings is 1. The third-order valence-electron chi connectivity index (χ3n) is 8.10. The lowest BCUT2D eigenvalue weighted by Crippen LogP contribution is -2.61. The van der Waals surface area contributed by atoms with Crippen molar-refractivity contribution in [3.05, 3.63) is 88.1 Å². The molecule has 4 aromatic rings. The van der Waals surface area contributed by atoms with E-state index in [1.807, 2.05) is 27.7 Å². The lowest BCUT2D eigenvalue weighted by molar-refractivity contribution is -0.671. The van der Waals surface area contributed by atoms with E-state index in [0.717, 1.165) is 16.6 Å². The van der Waals surface area contributed by atoms with Gasteiger partial charge in [0.2, 0.25) is 0 Å². The summed E-state index contributed by atoms with van der Waals surface area (Å²) in [5.74, 6) is -1.28. The van der Waals surface area contributed by atoms with Crippen LogP contribution in [0.25, 0.3) is 11.4 Å². The molecule has 4 N–H and O–H groups in total. The Labute approximate surface area is 286 Å². The summed E-state index contributed by atoms with van der Waals surface area (Å²) in [6.45, 7) is 8.81. The molecule has 2 amide bonds. The van der Waals surface area contributed by atoms with E-state index in [-0.39, 0.29) is 35.6 Å². The third kappa shape index (κ3) is 8.25. The fourth-order valence-electron chi connectivity index (χ4n) is 5.93. The third-order valence-corrected chi connectivity index (χ3v) is 8.67. The lowest BCUT2D eigenvalue weighted by Gasteiger charge is -2.60. The van der Waals surface area contributed by atoms with Crippen molar-refractivity contribution >= 4 is 40.7 Å². The van der Waals surface area contributed by atoms with E-state index < -0.39 is 23.0 Å². The maximum atomic E-state index is 13.3. The fourth-order valence-corrected chi connectivity index (χ4v) is 6.50. The molecule has 1 aromatic heterocycles. The molecule has 1 aliphatic rings. The number of rotatable bonds is 10. The summed E-state index contributed by atoms with van der Waals surface area (Å²) in [5.41, 5.74) is 2.45. The Bertz CT molecular complexity index is 1890. The standard InChI is InChI=1S/C34H37N7O7S/c1-20-13-24(15-27(29(20)43)36-28(42)18-48-26-11-9-21(10-12-26)32(45)46)37-39-40-19-49-38-30(40)22-7-6-8-23(14-22)31(44)35-25-16-33(2,3)41(47)34(4,5)17-25/h6-15,19,25,43H,16-18H2,1-5H3,(H,35,44)(H,36,42)(H,45,46). The molecule has 0 atom stereocenters. The monoisotopic (exact) mass is 687 g/mol. The van der Waals surface area contributed by atoms with Crippen molar-refractivity contribution in [2.45, 2.75) is 64.6 Å². The van der Waals surface area contributed by atoms with Gasteiger partial charge in [-0.2, -0.15) is 0 Å². The molecule has 0 saturated carbocycles. The number of aromatic carboxylic acids is 1. The van der Waals surface area contributed by atoms with Gasteiger partial charge in [0.15, 0.2) is 17.8 Å². The number of carboxylic acids is 1. The molecule has 3 aromatic carbocycles. The van der Waals surface area contributed by atoms with Gasteiger partial charge in [0.05, 0.1) is 33.6 Å². The van der Waals surface area contributed by atoms with Gasteiger partial charge in [0.1, 0.15) is 11.5 Å². The van der Waals surface area contributed by atoms with Gasteiger partial charge < -0.3 is 35.9 Å². The zero-order valence-corrected chi connectivity index (χ0v) is 28.4. The minimum absolute atomic E-state index is 0.0887. The van der Waals surface area contributed by atoms with E-state index in [1.165, 1.54) is 35.0 Å². The van der Waals surface area contributed by atoms with Crippen molar-refractivity contribution in [2.24, 2.45) is 10.3 Å². The first-order valence-electron chi connectivity index (χ1n) is 15.4. The molecule has 15 heteroatoms. The summed E-state index contributed by atoms with van der Waals surface area (Å²) in [6.07, 6.45) is 1.05. The summed E-state index contributed by atoms with van der Waals surface area (Å²) < 4.78 is 11.3. The normalized spacial score (nSPS) is 16.0. The van der Waals surface area contributed by atoms with Crippen LogP contribution in [0.3, 0.4) is 0 Å². The van der Waals surface area contributed by atoms with E-state index in [1.54, 1.807) is 42.8 Å². The second-order valence-electron chi connectivity index (χ2n) is 13.1. The number of nitrogens with zero attached hydrogens (tertiary/aromatic N) is 5. The number of carboxylic acid groups (broad SMARTS) is 1. The number of carbonyl (C=O) groups is 3. The number of aromatic nitrogens is 2. The van der Waals surface area contributed by atoms with Crippen molar-refractivity contribution in [3.63, 3.8) is 0 Å². The van der Waals surface area contributed by atoms with E-state index in [9.17, 15) is 24.7 Å². The second-order valence-corrected chi connectivity index (χ2v) is 13.7. The lowest BCUT2D eigenvalue weighted by atomic mass is 9.79. The minimum atomic E-state index is -1.07. The van der Waals surface area contributed by atoms with Crippen LogP contribution in [0.1, 0.15) is 66.8 Å². The van der Waals surface area contributed by atoms with E-state index in [2.05, 4.69) is 25.3 Å². The number of hydrogen-bond donors (Lipinski definition) is 4. The maximum Gasteiger partial charge on any atom is 0.335 e. The Morgan fingerprint density at radius 1 is 1.06 bits per heavy atom. The summed E-state index contributed by atoms with van der Waals surface area (Å²) in [4.78, 5) is 36.9. The van der Waals surface area contributed by atoms with Gasteiger partial charge in [0, 0.05) is 33.9 Å². The smallest absolute Gasteiger partial charge is 0.335 e. The highest BCUT2D eigenvalue weighted by molar-refractivity contribution is 7.03. The Hall–Kier alpha value is -5.25. The Morgan fingerprint density at radius 2 is 1.76 bits per heavy atom. The van der Waals surface area contributed by atoms with Crippen molar-refractivity contribution < 1.29 is 34.0 Å². The highest BCUT2D eigenvalue weighted by Gasteiger charge is 2.40. The first-order valence-corrected chi connectivity index (χ1v) is 16.2. The van der Waals surface area contributed by atoms with Crippen LogP contribution in [-0.2, 0) is 4.79 Å². The molecule has 1 aliphatic heterocycles. The summed E-state index contributed by atoms with van der Waals surface area (Å²) in [7, 11) is 0. The van der Waals surface area contributed by atoms with Gasteiger partial charge in [-0.3, -0.25) is 9.59 Å². The maximum absolute atomic E-state index is 13.3. The topological polar surface area (TPSA) is 193 Å². The largest absolute Gasteiger partial charge is 0.784 e. The van der Waals surface area contributed by atoms with Crippen LogP contribution >= 0.6 is 11.5 Å². The van der Waals surface area contributed by atoms with Gasteiger partial charge in [-0.15, -0.1) is 0 Å². The molecule has 256 valence electrons. The van der Waals surface area contributed by atoms with Crippen molar-refractivity contribution in [1.82, 2.24) is 14.8 Å². The molecular weight excluding hydrogens is 650 g/mol. The number of hydroxylamine groups is 2. The zero-order chi connectivity index (χ0) is 35.5. The SMILES string of the molecule is Cc1cc(N=N[n+]2csnc2-c2cccc(C(=O)NC3CC(C)(C)N([O-])C(C)(C)C3)c2)cc(NC(=O)COc2ccc(C(=O)O)cc2)c1O. The highest BCUT2D eigenvalue weighted by Crippen LogP contribution is 2.37. The number of anilines is 1. The second kappa shape index (κ2) is 14.1. The number of phenolic OH excluding ortho intramolecular Hbond substituents is 1. The first-order chi connectivity index (χ1) is 23.1. The fraction of sp³-hybridized carbons (Fsp3) is 0.324. The average molecular weight is 688 g/mol. The first kappa shape index (κ1) is 35.1. The molecule has 0 bridgehead atoms. The van der Waals surface area contributed by atoms with Crippen LogP contribution in [0.5, 0.6) is 11.5 Å². The number of aryl methyl sites for hydroxylation is 1. The van der Waals surface area contributed by atoms with Crippen molar-refractivity contribution in [3.8, 4) is 22.9 Å². The molecule has 1 fully saturated rings. The van der Waals surface area contributed by atoms with Crippen LogP contribution in [0.2, 0.25) is 0 Å². The van der Waals surface area contributed by atoms with E-state index in [0.29, 0.717) is 46.8 Å². The molecule has 0 spiro atoms. The van der Waals surface area contributed by atoms with Gasteiger partial charge in [-0.05, 0) is 106 Å². The minimum Gasteiger partial charge on any atom is -0.784 e. The number of hydrogen-bond acceptors (Lipinski definition) is 11. The van der Waals surface area contributed by atoms with Gasteiger partial charge in [0.25, 0.3) is 11.8 Å². The molecule has 0 aliphatic carbocycles. The average Bonchev–Trinajstić information content (AvgIpc) is 3.52. The number of benzene rings is 3. The Kier molecular flexibility index (Phi) is 10.1. The number of aromatic hydroxyl groups is 1. The molecule has 49 heavy (non-hydrogen) atoms. The zero-order valence-electron chi connectivity index (χ0n) is 27.6. The Balaban J connectivity index is 1.26. The van der Waals surface area contributed by atoms with Gasteiger partial charge in [-0.1, -0.05) is 10.7 Å². The van der Waals surface area contributed by atoms with Crippen LogP contribution in [-0.4, -0.2) is 61.2 Å². The molecule has 1 saturated heterocycles. The molecule has 14 nitrogen and oxygen atoms in total. The van der Waals surface area contributed by atoms with E-state index in [4.69, 9.17) is 9.84 Å². The summed E-state index contributed by atoms with van der Waals surface area (Å²) >= 11 is 1.15. The number of nitrogens with one attached hydrogen (secondary N) is 2. The van der Waals surface area contributed by atoms with Crippen molar-refractivity contribution in [2.75, 3.05) is 11.9 Å². The molecule has 5 rings (SSSR count). The van der Waals surface area contributed by atoms with Gasteiger partial charge in [-0.25, -0.2) is 4.79 Å². The number of ether oxygens (including phenoxy) is 1. The summed E-state index contributed by atoms with van der Waals surface area (Å²) in [5, 5.41) is 47.8. The molecular formula is C34H37N7O7S. The summed E-state index contributed by atoms with van der Waals surface area (Å²) in [6, 6.07) is 15.5. The molecule has 0 radical (unpaired) electrons. The molecule has 0 unspecified atom stereocenters.